The van der Waals surface area contributed by atoms with E-state index in [1.165, 1.54) is 0 Å². The van der Waals surface area contributed by atoms with Gasteiger partial charge in [0.25, 0.3) is 0 Å². The molecule has 2 heterocycles. The second-order valence-corrected chi connectivity index (χ2v) is 7.16. The van der Waals surface area contributed by atoms with Crippen LogP contribution in [0.3, 0.4) is 0 Å². The summed E-state index contributed by atoms with van der Waals surface area (Å²) in [6, 6.07) is 14.4. The third kappa shape index (κ3) is 4.04. The predicted octanol–water partition coefficient (Wildman–Crippen LogP) is 5.04. The molecule has 1 aliphatic rings. The van der Waals surface area contributed by atoms with Crippen LogP contribution in [0.25, 0.3) is 11.4 Å². The minimum atomic E-state index is -0.162. The Morgan fingerprint density at radius 3 is 2.67 bits per heavy atom. The van der Waals surface area contributed by atoms with E-state index in [4.69, 9.17) is 23.2 Å². The fraction of sp³-hybridized carbons (Fsp3) is 0.150. The molecule has 0 saturated heterocycles. The van der Waals surface area contributed by atoms with Crippen LogP contribution in [0.4, 0.5) is 10.5 Å². The summed E-state index contributed by atoms with van der Waals surface area (Å²) in [5.74, 6) is 0.669. The molecule has 5 nitrogen and oxygen atoms in total. The SMILES string of the molecule is O=C(Nc1cccc(Cl)c1)N1CCc2nc(-c3ccc(Cl)cc3)ncc2C1. The van der Waals surface area contributed by atoms with Gasteiger partial charge in [-0.25, -0.2) is 14.8 Å². The highest BCUT2D eigenvalue weighted by Crippen LogP contribution is 2.23. The van der Waals surface area contributed by atoms with Gasteiger partial charge in [-0.05, 0) is 42.5 Å². The lowest BCUT2D eigenvalue weighted by Crippen LogP contribution is -2.39. The lowest BCUT2D eigenvalue weighted by atomic mass is 10.1. The van der Waals surface area contributed by atoms with E-state index in [9.17, 15) is 4.79 Å². The van der Waals surface area contributed by atoms with Crippen molar-refractivity contribution in [3.8, 4) is 11.4 Å². The van der Waals surface area contributed by atoms with Crippen molar-refractivity contribution in [2.75, 3.05) is 11.9 Å². The number of nitrogens with zero attached hydrogens (tertiary/aromatic N) is 3. The molecule has 0 saturated carbocycles. The van der Waals surface area contributed by atoms with Gasteiger partial charge in [-0.1, -0.05) is 29.3 Å². The highest BCUT2D eigenvalue weighted by atomic mass is 35.5. The van der Waals surface area contributed by atoms with Gasteiger partial charge in [-0.3, -0.25) is 0 Å². The van der Waals surface area contributed by atoms with Crippen LogP contribution in [0.5, 0.6) is 0 Å². The molecule has 0 bridgehead atoms. The zero-order valence-corrected chi connectivity index (χ0v) is 15.8. The maximum absolute atomic E-state index is 12.5. The Bertz CT molecular complexity index is 992. The zero-order valence-electron chi connectivity index (χ0n) is 14.3. The van der Waals surface area contributed by atoms with E-state index >= 15 is 0 Å². The predicted molar refractivity (Wildman–Crippen MR) is 107 cm³/mol. The van der Waals surface area contributed by atoms with Crippen LogP contribution < -0.4 is 5.32 Å². The van der Waals surface area contributed by atoms with Crippen molar-refractivity contribution in [1.82, 2.24) is 14.9 Å². The number of urea groups is 1. The Balaban J connectivity index is 1.48. The minimum absolute atomic E-state index is 0.162. The number of hydrogen-bond donors (Lipinski definition) is 1. The summed E-state index contributed by atoms with van der Waals surface area (Å²) in [7, 11) is 0. The van der Waals surface area contributed by atoms with Crippen LogP contribution >= 0.6 is 23.2 Å². The number of hydrogen-bond acceptors (Lipinski definition) is 3. The van der Waals surface area contributed by atoms with Gasteiger partial charge in [0.1, 0.15) is 0 Å². The highest BCUT2D eigenvalue weighted by Gasteiger charge is 2.22. The summed E-state index contributed by atoms with van der Waals surface area (Å²) < 4.78 is 0. The molecule has 1 aromatic heterocycles. The number of carbonyl (C=O) groups excluding carboxylic acids is 1. The van der Waals surface area contributed by atoms with E-state index in [0.717, 1.165) is 16.8 Å². The maximum atomic E-state index is 12.5. The molecule has 3 aromatic rings. The van der Waals surface area contributed by atoms with Crippen molar-refractivity contribution in [3.63, 3.8) is 0 Å². The second kappa shape index (κ2) is 7.55. The number of benzene rings is 2. The topological polar surface area (TPSA) is 58.1 Å². The third-order valence-electron chi connectivity index (χ3n) is 4.40. The van der Waals surface area contributed by atoms with Gasteiger partial charge >= 0.3 is 6.03 Å². The lowest BCUT2D eigenvalue weighted by Gasteiger charge is -2.28. The van der Waals surface area contributed by atoms with E-state index < -0.39 is 0 Å². The van der Waals surface area contributed by atoms with E-state index in [0.29, 0.717) is 41.1 Å². The molecule has 1 N–H and O–H groups in total. The molecule has 27 heavy (non-hydrogen) atoms. The Labute approximate surface area is 167 Å². The van der Waals surface area contributed by atoms with Gasteiger partial charge in [0, 0.05) is 46.0 Å². The van der Waals surface area contributed by atoms with E-state index in [2.05, 4.69) is 15.3 Å². The van der Waals surface area contributed by atoms with Gasteiger partial charge in [-0.15, -0.1) is 0 Å². The molecule has 0 spiro atoms. The lowest BCUT2D eigenvalue weighted by molar-refractivity contribution is 0.206. The average molecular weight is 399 g/mol. The number of nitrogens with one attached hydrogen (secondary N) is 1. The summed E-state index contributed by atoms with van der Waals surface area (Å²) in [4.78, 5) is 23.4. The average Bonchev–Trinajstić information content (AvgIpc) is 2.68. The molecule has 0 aliphatic carbocycles. The first-order valence-electron chi connectivity index (χ1n) is 8.51. The molecular weight excluding hydrogens is 383 g/mol. The van der Waals surface area contributed by atoms with Crippen LogP contribution in [0.15, 0.2) is 54.7 Å². The van der Waals surface area contributed by atoms with Crippen LogP contribution in [0.2, 0.25) is 10.0 Å². The molecule has 136 valence electrons. The second-order valence-electron chi connectivity index (χ2n) is 6.28. The molecular formula is C20H16Cl2N4O. The van der Waals surface area contributed by atoms with Crippen LogP contribution in [-0.2, 0) is 13.0 Å². The van der Waals surface area contributed by atoms with Crippen LogP contribution in [-0.4, -0.2) is 27.4 Å². The van der Waals surface area contributed by atoms with Gasteiger partial charge < -0.3 is 10.2 Å². The van der Waals surface area contributed by atoms with Gasteiger partial charge in [0.15, 0.2) is 5.82 Å². The van der Waals surface area contributed by atoms with Crippen molar-refractivity contribution in [2.24, 2.45) is 0 Å². The number of halogens is 2. The minimum Gasteiger partial charge on any atom is -0.320 e. The Morgan fingerprint density at radius 2 is 1.89 bits per heavy atom. The van der Waals surface area contributed by atoms with Crippen molar-refractivity contribution in [2.45, 2.75) is 13.0 Å². The summed E-state index contributed by atoms with van der Waals surface area (Å²) in [6.07, 6.45) is 2.48. The van der Waals surface area contributed by atoms with Crippen molar-refractivity contribution in [3.05, 3.63) is 76.0 Å². The molecule has 0 unspecified atom stereocenters. The highest BCUT2D eigenvalue weighted by molar-refractivity contribution is 6.31. The fourth-order valence-corrected chi connectivity index (χ4v) is 3.31. The number of amides is 2. The van der Waals surface area contributed by atoms with Crippen LogP contribution in [0.1, 0.15) is 11.3 Å². The summed E-state index contributed by atoms with van der Waals surface area (Å²) >= 11 is 11.9. The Kier molecular flexibility index (Phi) is 4.97. The normalized spacial score (nSPS) is 13.2. The molecule has 7 heteroatoms. The Hall–Kier alpha value is -2.63. The van der Waals surface area contributed by atoms with Crippen LogP contribution in [0, 0.1) is 0 Å². The number of anilines is 1. The molecule has 1 aliphatic heterocycles. The van der Waals surface area contributed by atoms with Gasteiger partial charge in [0.2, 0.25) is 0 Å². The third-order valence-corrected chi connectivity index (χ3v) is 4.89. The zero-order chi connectivity index (χ0) is 18.8. The van der Waals surface area contributed by atoms with Crippen molar-refractivity contribution in [1.29, 1.82) is 0 Å². The molecule has 4 rings (SSSR count). The van der Waals surface area contributed by atoms with Gasteiger partial charge in [0.05, 0.1) is 12.2 Å². The number of fused-ring (bicyclic) bond motifs is 1. The molecule has 0 atom stereocenters. The first-order chi connectivity index (χ1) is 13.1. The number of rotatable bonds is 2. The number of carbonyl (C=O) groups is 1. The summed E-state index contributed by atoms with van der Waals surface area (Å²) in [5, 5.41) is 4.14. The van der Waals surface area contributed by atoms with E-state index in [-0.39, 0.29) is 6.03 Å². The number of aromatic nitrogens is 2. The summed E-state index contributed by atoms with van der Waals surface area (Å²) in [5.41, 5.74) is 3.53. The largest absolute Gasteiger partial charge is 0.322 e. The standard InChI is InChI=1S/C20H16Cl2N4O/c21-15-6-4-13(5-7-15)19-23-11-14-12-26(9-8-18(14)25-19)20(27)24-17-3-1-2-16(22)10-17/h1-7,10-11H,8-9,12H2,(H,24,27). The molecule has 0 fully saturated rings. The Morgan fingerprint density at radius 1 is 1.07 bits per heavy atom. The van der Waals surface area contributed by atoms with Crippen molar-refractivity contribution < 1.29 is 4.79 Å². The fourth-order valence-electron chi connectivity index (χ4n) is 3.00. The smallest absolute Gasteiger partial charge is 0.320 e. The first-order valence-corrected chi connectivity index (χ1v) is 9.26. The van der Waals surface area contributed by atoms with Crippen molar-refractivity contribution >= 4 is 34.9 Å². The molecule has 2 aromatic carbocycles. The quantitative estimate of drug-likeness (QED) is 0.657. The van der Waals surface area contributed by atoms with E-state index in [1.54, 1.807) is 29.3 Å². The van der Waals surface area contributed by atoms with Gasteiger partial charge in [-0.2, -0.15) is 0 Å². The first kappa shape index (κ1) is 17.8. The molecule has 2 amide bonds. The van der Waals surface area contributed by atoms with E-state index in [1.807, 2.05) is 30.3 Å². The monoisotopic (exact) mass is 398 g/mol. The maximum Gasteiger partial charge on any atom is 0.322 e. The molecule has 0 radical (unpaired) electrons. The summed E-state index contributed by atoms with van der Waals surface area (Å²) in [6.45, 7) is 1.07.